The van der Waals surface area contributed by atoms with E-state index in [1.807, 2.05) is 24.3 Å². The summed E-state index contributed by atoms with van der Waals surface area (Å²) in [6.45, 7) is 0. The summed E-state index contributed by atoms with van der Waals surface area (Å²) in [4.78, 5) is 11.9. The summed E-state index contributed by atoms with van der Waals surface area (Å²) < 4.78 is 0.805. The molecule has 0 aliphatic heterocycles. The molecule has 0 atom stereocenters. The van der Waals surface area contributed by atoms with Gasteiger partial charge in [0.2, 0.25) is 5.91 Å². The third-order valence-corrected chi connectivity index (χ3v) is 3.49. The maximum absolute atomic E-state index is 11.9. The highest BCUT2D eigenvalue weighted by Crippen LogP contribution is 2.20. The number of amides is 1. The van der Waals surface area contributed by atoms with Crippen molar-refractivity contribution in [1.82, 2.24) is 0 Å². The van der Waals surface area contributed by atoms with Crippen molar-refractivity contribution in [2.75, 3.05) is 11.1 Å². The molecule has 106 valence electrons. The maximum atomic E-state index is 11.9. The third kappa shape index (κ3) is 4.33. The molecule has 0 aromatic heterocycles. The van der Waals surface area contributed by atoms with Gasteiger partial charge in [0.15, 0.2) is 0 Å². The predicted molar refractivity (Wildman–Crippen MR) is 86.7 cm³/mol. The fraction of sp³-hybridized carbons (Fsp3) is 0.125. The number of nitrogens with two attached hydrogens (primary N) is 1. The lowest BCUT2D eigenvalue weighted by atomic mass is 10.1. The molecule has 0 unspecified atom stereocenters. The van der Waals surface area contributed by atoms with Gasteiger partial charge < -0.3 is 11.1 Å². The minimum absolute atomic E-state index is 0.120. The van der Waals surface area contributed by atoms with Gasteiger partial charge in [-0.1, -0.05) is 28.1 Å². The number of hydrogen-bond acceptors (Lipinski definition) is 3. The van der Waals surface area contributed by atoms with Crippen LogP contribution in [-0.4, -0.2) is 5.91 Å². The van der Waals surface area contributed by atoms with E-state index in [0.29, 0.717) is 29.8 Å². The van der Waals surface area contributed by atoms with Gasteiger partial charge in [0.1, 0.15) is 6.07 Å². The van der Waals surface area contributed by atoms with E-state index in [-0.39, 0.29) is 5.91 Å². The van der Waals surface area contributed by atoms with Crippen LogP contribution in [0.1, 0.15) is 17.5 Å². The van der Waals surface area contributed by atoms with E-state index in [2.05, 4.69) is 27.3 Å². The first-order valence-corrected chi connectivity index (χ1v) is 7.21. The number of nitriles is 1. The van der Waals surface area contributed by atoms with Crippen LogP contribution in [0.4, 0.5) is 11.4 Å². The van der Waals surface area contributed by atoms with Crippen molar-refractivity contribution in [2.45, 2.75) is 12.8 Å². The van der Waals surface area contributed by atoms with E-state index in [4.69, 9.17) is 11.0 Å². The van der Waals surface area contributed by atoms with Crippen molar-refractivity contribution in [3.05, 3.63) is 58.1 Å². The number of halogens is 1. The number of carbonyl (C=O) groups is 1. The Labute approximate surface area is 131 Å². The van der Waals surface area contributed by atoms with Gasteiger partial charge >= 0.3 is 0 Å². The van der Waals surface area contributed by atoms with Crippen LogP contribution in [0.15, 0.2) is 46.9 Å². The van der Waals surface area contributed by atoms with Crippen molar-refractivity contribution in [1.29, 1.82) is 5.26 Å². The second kappa shape index (κ2) is 6.91. The average molecular weight is 344 g/mol. The molecule has 2 rings (SSSR count). The van der Waals surface area contributed by atoms with Crippen molar-refractivity contribution >= 4 is 33.2 Å². The van der Waals surface area contributed by atoms with Gasteiger partial charge in [-0.05, 0) is 42.3 Å². The predicted octanol–water partition coefficient (Wildman–Crippen LogP) is 3.47. The molecule has 0 saturated carbocycles. The average Bonchev–Trinajstić information content (AvgIpc) is 2.48. The zero-order chi connectivity index (χ0) is 15.2. The summed E-state index contributed by atoms with van der Waals surface area (Å²) in [5.74, 6) is -0.120. The van der Waals surface area contributed by atoms with Crippen molar-refractivity contribution in [3.8, 4) is 6.07 Å². The van der Waals surface area contributed by atoms with E-state index in [1.54, 1.807) is 18.2 Å². The Morgan fingerprint density at radius 3 is 2.62 bits per heavy atom. The molecule has 3 N–H and O–H groups in total. The van der Waals surface area contributed by atoms with Gasteiger partial charge in [0.25, 0.3) is 0 Å². The number of aryl methyl sites for hydroxylation is 1. The van der Waals surface area contributed by atoms with E-state index >= 15 is 0 Å². The van der Waals surface area contributed by atoms with Crippen molar-refractivity contribution < 1.29 is 4.79 Å². The van der Waals surface area contributed by atoms with Gasteiger partial charge in [-0.15, -0.1) is 0 Å². The fourth-order valence-electron chi connectivity index (χ4n) is 1.87. The lowest BCUT2D eigenvalue weighted by Gasteiger charge is -2.07. The molecule has 2 aromatic carbocycles. The first kappa shape index (κ1) is 15.1. The highest BCUT2D eigenvalue weighted by Gasteiger charge is 2.07. The molecule has 1 amide bonds. The zero-order valence-corrected chi connectivity index (χ0v) is 12.9. The van der Waals surface area contributed by atoms with Crippen LogP contribution >= 0.6 is 15.9 Å². The van der Waals surface area contributed by atoms with E-state index < -0.39 is 0 Å². The zero-order valence-electron chi connectivity index (χ0n) is 11.3. The Bertz CT molecular complexity index is 690. The van der Waals surface area contributed by atoms with Crippen LogP contribution in [0.25, 0.3) is 0 Å². The number of hydrogen-bond donors (Lipinski definition) is 2. The number of benzene rings is 2. The second-order valence-corrected chi connectivity index (χ2v) is 5.51. The lowest BCUT2D eigenvalue weighted by molar-refractivity contribution is -0.116. The molecule has 0 radical (unpaired) electrons. The van der Waals surface area contributed by atoms with Crippen LogP contribution in [0, 0.1) is 11.3 Å². The number of carbonyl (C=O) groups excluding carboxylic acids is 1. The monoisotopic (exact) mass is 343 g/mol. The molecule has 0 aliphatic carbocycles. The standard InChI is InChI=1S/C16H14BrN3O/c17-13-4-7-15(12(9-13)10-18)20-16(21)8-3-11-1-5-14(19)6-2-11/h1-2,4-7,9H,3,8,19H2,(H,20,21). The molecule has 0 spiro atoms. The number of anilines is 2. The molecule has 0 fully saturated rings. The van der Waals surface area contributed by atoms with Crippen molar-refractivity contribution in [2.24, 2.45) is 0 Å². The molecule has 4 nitrogen and oxygen atoms in total. The highest BCUT2D eigenvalue weighted by atomic mass is 79.9. The van der Waals surface area contributed by atoms with Crippen LogP contribution in [0.3, 0.4) is 0 Å². The van der Waals surface area contributed by atoms with Gasteiger partial charge in [-0.2, -0.15) is 5.26 Å². The summed E-state index contributed by atoms with van der Waals surface area (Å²) in [5, 5.41) is 11.8. The Morgan fingerprint density at radius 1 is 1.24 bits per heavy atom. The summed E-state index contributed by atoms with van der Waals surface area (Å²) in [6.07, 6.45) is 0.982. The largest absolute Gasteiger partial charge is 0.399 e. The van der Waals surface area contributed by atoms with E-state index in [1.165, 1.54) is 0 Å². The minimum Gasteiger partial charge on any atom is -0.399 e. The Hall–Kier alpha value is -2.32. The topological polar surface area (TPSA) is 78.9 Å². The first-order chi connectivity index (χ1) is 10.1. The number of nitrogen functional groups attached to an aromatic ring is 1. The molecule has 5 heteroatoms. The van der Waals surface area contributed by atoms with Crippen LogP contribution in [0.2, 0.25) is 0 Å². The van der Waals surface area contributed by atoms with Gasteiger partial charge in [0.05, 0.1) is 11.3 Å². The van der Waals surface area contributed by atoms with Gasteiger partial charge in [-0.25, -0.2) is 0 Å². The molecule has 0 saturated heterocycles. The Kier molecular flexibility index (Phi) is 4.96. The number of nitrogens with zero attached hydrogens (tertiary/aromatic N) is 1. The highest BCUT2D eigenvalue weighted by molar-refractivity contribution is 9.10. The molecule has 0 heterocycles. The SMILES string of the molecule is N#Cc1cc(Br)ccc1NC(=O)CCc1ccc(N)cc1. The van der Waals surface area contributed by atoms with Gasteiger partial charge in [-0.3, -0.25) is 4.79 Å². The summed E-state index contributed by atoms with van der Waals surface area (Å²) in [5.41, 5.74) is 8.34. The minimum atomic E-state index is -0.120. The maximum Gasteiger partial charge on any atom is 0.224 e. The first-order valence-electron chi connectivity index (χ1n) is 6.42. The van der Waals surface area contributed by atoms with Crippen LogP contribution < -0.4 is 11.1 Å². The Morgan fingerprint density at radius 2 is 1.95 bits per heavy atom. The number of rotatable bonds is 4. The van der Waals surface area contributed by atoms with Crippen LogP contribution in [0.5, 0.6) is 0 Å². The molecule has 21 heavy (non-hydrogen) atoms. The Balaban J connectivity index is 1.96. The summed E-state index contributed by atoms with van der Waals surface area (Å²) >= 11 is 3.30. The second-order valence-electron chi connectivity index (χ2n) is 4.59. The number of nitrogens with one attached hydrogen (secondary N) is 1. The summed E-state index contributed by atoms with van der Waals surface area (Å²) in [6, 6.07) is 14.7. The molecule has 0 aliphatic rings. The van der Waals surface area contributed by atoms with E-state index in [9.17, 15) is 4.79 Å². The quantitative estimate of drug-likeness (QED) is 0.834. The van der Waals surface area contributed by atoms with E-state index in [0.717, 1.165) is 10.0 Å². The molecular weight excluding hydrogens is 330 g/mol. The molecule has 2 aromatic rings. The van der Waals surface area contributed by atoms with Crippen molar-refractivity contribution in [3.63, 3.8) is 0 Å². The van der Waals surface area contributed by atoms with Gasteiger partial charge in [0, 0.05) is 16.6 Å². The summed E-state index contributed by atoms with van der Waals surface area (Å²) in [7, 11) is 0. The lowest BCUT2D eigenvalue weighted by Crippen LogP contribution is -2.13. The molecule has 0 bridgehead atoms. The van der Waals surface area contributed by atoms with Crippen LogP contribution in [-0.2, 0) is 11.2 Å². The third-order valence-electron chi connectivity index (χ3n) is 3.00. The molecular formula is C16H14BrN3O. The normalized spacial score (nSPS) is 9.90. The fourth-order valence-corrected chi connectivity index (χ4v) is 2.23. The smallest absolute Gasteiger partial charge is 0.224 e.